The van der Waals surface area contributed by atoms with Gasteiger partial charge in [0.25, 0.3) is 0 Å². The molecule has 0 spiro atoms. The van der Waals surface area contributed by atoms with Gasteiger partial charge >= 0.3 is 0 Å². The van der Waals surface area contributed by atoms with Gasteiger partial charge in [0.05, 0.1) is 6.10 Å². The fourth-order valence-electron chi connectivity index (χ4n) is 1.23. The van der Waals surface area contributed by atoms with Gasteiger partial charge in [-0.2, -0.15) is 0 Å². The maximum atomic E-state index is 9.05. The summed E-state index contributed by atoms with van der Waals surface area (Å²) >= 11 is 0. The van der Waals surface area contributed by atoms with E-state index in [4.69, 9.17) is 5.11 Å². The summed E-state index contributed by atoms with van der Waals surface area (Å²) in [5.41, 5.74) is 0. The minimum Gasteiger partial charge on any atom is -0.393 e. The van der Waals surface area contributed by atoms with E-state index in [0.29, 0.717) is 12.1 Å². The molecule has 0 aliphatic rings. The molecule has 0 rings (SSSR count). The fourth-order valence-corrected chi connectivity index (χ4v) is 1.23. The highest BCUT2D eigenvalue weighted by molar-refractivity contribution is 4.65. The number of rotatable bonds is 8. The first-order valence-electron chi connectivity index (χ1n) is 5.67. The Hall–Kier alpha value is -0.120. The van der Waals surface area contributed by atoms with E-state index >= 15 is 0 Å². The van der Waals surface area contributed by atoms with Crippen molar-refractivity contribution in [3.05, 3.63) is 0 Å². The van der Waals surface area contributed by atoms with Gasteiger partial charge in [-0.1, -0.05) is 13.8 Å². The van der Waals surface area contributed by atoms with Crippen LogP contribution < -0.4 is 10.6 Å². The molecule has 0 saturated heterocycles. The smallest absolute Gasteiger partial charge is 0.0512 e. The highest BCUT2D eigenvalue weighted by Crippen LogP contribution is 1.94. The number of aliphatic hydroxyl groups excluding tert-OH is 1. The van der Waals surface area contributed by atoms with Crippen molar-refractivity contribution in [2.75, 3.05) is 13.1 Å². The molecule has 0 heterocycles. The van der Waals surface area contributed by atoms with Gasteiger partial charge in [-0.05, 0) is 33.2 Å². The third-order valence-electron chi connectivity index (χ3n) is 2.12. The van der Waals surface area contributed by atoms with Crippen LogP contribution in [0, 0.1) is 0 Å². The fraction of sp³-hybridized carbons (Fsp3) is 1.00. The molecular formula is C11H26N2O. The second-order valence-electron chi connectivity index (χ2n) is 4.41. The van der Waals surface area contributed by atoms with Crippen LogP contribution in [0.4, 0.5) is 0 Å². The van der Waals surface area contributed by atoms with Crippen molar-refractivity contribution in [2.24, 2.45) is 0 Å². The van der Waals surface area contributed by atoms with Crippen molar-refractivity contribution in [3.63, 3.8) is 0 Å². The normalized spacial score (nSPS) is 15.9. The molecule has 2 atom stereocenters. The Morgan fingerprint density at radius 1 is 1.07 bits per heavy atom. The van der Waals surface area contributed by atoms with Crippen molar-refractivity contribution in [1.29, 1.82) is 0 Å². The van der Waals surface area contributed by atoms with E-state index in [0.717, 1.165) is 25.9 Å². The van der Waals surface area contributed by atoms with E-state index in [1.54, 1.807) is 0 Å². The van der Waals surface area contributed by atoms with Crippen LogP contribution >= 0.6 is 0 Å². The summed E-state index contributed by atoms with van der Waals surface area (Å²) in [6, 6.07) is 1.06. The highest BCUT2D eigenvalue weighted by atomic mass is 16.3. The molecule has 3 N–H and O–H groups in total. The van der Waals surface area contributed by atoms with E-state index in [1.165, 1.54) is 0 Å². The summed E-state index contributed by atoms with van der Waals surface area (Å²) < 4.78 is 0. The van der Waals surface area contributed by atoms with Gasteiger partial charge in [0.15, 0.2) is 0 Å². The molecule has 2 unspecified atom stereocenters. The predicted octanol–water partition coefficient (Wildman–Crippen LogP) is 1.12. The van der Waals surface area contributed by atoms with Crippen LogP contribution in [0.25, 0.3) is 0 Å². The Balaban J connectivity index is 3.22. The van der Waals surface area contributed by atoms with Crippen molar-refractivity contribution < 1.29 is 5.11 Å². The van der Waals surface area contributed by atoms with Crippen LogP contribution in [0.2, 0.25) is 0 Å². The van der Waals surface area contributed by atoms with E-state index in [9.17, 15) is 0 Å². The Morgan fingerprint density at radius 3 is 2.21 bits per heavy atom. The minimum absolute atomic E-state index is 0.166. The lowest BCUT2D eigenvalue weighted by atomic mass is 10.2. The first-order valence-corrected chi connectivity index (χ1v) is 5.67. The predicted molar refractivity (Wildman–Crippen MR) is 61.5 cm³/mol. The number of hydrogen-bond acceptors (Lipinski definition) is 3. The van der Waals surface area contributed by atoms with Gasteiger partial charge in [-0.15, -0.1) is 0 Å². The molecule has 14 heavy (non-hydrogen) atoms. The zero-order valence-electron chi connectivity index (χ0n) is 10.0. The van der Waals surface area contributed by atoms with Gasteiger partial charge in [0.1, 0.15) is 0 Å². The van der Waals surface area contributed by atoms with Crippen LogP contribution in [0.5, 0.6) is 0 Å². The van der Waals surface area contributed by atoms with E-state index in [-0.39, 0.29) is 6.10 Å². The van der Waals surface area contributed by atoms with Crippen molar-refractivity contribution in [1.82, 2.24) is 10.6 Å². The molecule has 3 heteroatoms. The number of hydrogen-bond donors (Lipinski definition) is 3. The zero-order valence-corrected chi connectivity index (χ0v) is 10.0. The Morgan fingerprint density at radius 2 is 1.71 bits per heavy atom. The Bertz CT molecular complexity index is 126. The molecule has 0 aliphatic heterocycles. The summed E-state index contributed by atoms with van der Waals surface area (Å²) in [7, 11) is 0. The first-order chi connectivity index (χ1) is 6.52. The topological polar surface area (TPSA) is 44.3 Å². The minimum atomic E-state index is -0.166. The molecule has 0 saturated carbocycles. The van der Waals surface area contributed by atoms with Gasteiger partial charge in [0, 0.05) is 18.6 Å². The SMILES string of the molecule is CC(O)CCCNC(C)CNC(C)C. The van der Waals surface area contributed by atoms with Gasteiger partial charge in [-0.25, -0.2) is 0 Å². The molecule has 0 aromatic rings. The van der Waals surface area contributed by atoms with E-state index < -0.39 is 0 Å². The van der Waals surface area contributed by atoms with Crippen LogP contribution in [0.15, 0.2) is 0 Å². The molecule has 86 valence electrons. The molecule has 0 bridgehead atoms. The Labute approximate surface area is 88.3 Å². The molecule has 0 aromatic heterocycles. The summed E-state index contributed by atoms with van der Waals surface area (Å²) in [5, 5.41) is 15.9. The summed E-state index contributed by atoms with van der Waals surface area (Å²) in [6.07, 6.45) is 1.77. The molecule has 3 nitrogen and oxygen atoms in total. The quantitative estimate of drug-likeness (QED) is 0.517. The second kappa shape index (κ2) is 8.21. The van der Waals surface area contributed by atoms with Crippen LogP contribution in [0.1, 0.15) is 40.5 Å². The molecule has 0 aromatic carbocycles. The molecule has 0 amide bonds. The third-order valence-corrected chi connectivity index (χ3v) is 2.12. The molecule has 0 radical (unpaired) electrons. The van der Waals surface area contributed by atoms with Gasteiger partial charge in [-0.3, -0.25) is 0 Å². The lowest BCUT2D eigenvalue weighted by molar-refractivity contribution is 0.181. The lowest BCUT2D eigenvalue weighted by Gasteiger charge is -2.16. The number of aliphatic hydroxyl groups is 1. The summed E-state index contributed by atoms with van der Waals surface area (Å²) in [4.78, 5) is 0. The zero-order chi connectivity index (χ0) is 11.0. The van der Waals surface area contributed by atoms with Crippen LogP contribution in [0.3, 0.4) is 0 Å². The average Bonchev–Trinajstić information content (AvgIpc) is 2.08. The molecule has 0 aliphatic carbocycles. The third kappa shape index (κ3) is 9.96. The Kier molecular flexibility index (Phi) is 8.14. The second-order valence-corrected chi connectivity index (χ2v) is 4.41. The maximum Gasteiger partial charge on any atom is 0.0512 e. The van der Waals surface area contributed by atoms with Gasteiger partial charge < -0.3 is 15.7 Å². The molecular weight excluding hydrogens is 176 g/mol. The van der Waals surface area contributed by atoms with Gasteiger partial charge in [0.2, 0.25) is 0 Å². The van der Waals surface area contributed by atoms with Crippen molar-refractivity contribution in [2.45, 2.75) is 58.7 Å². The number of nitrogens with one attached hydrogen (secondary N) is 2. The van der Waals surface area contributed by atoms with Crippen LogP contribution in [-0.4, -0.2) is 36.4 Å². The first kappa shape index (κ1) is 13.9. The largest absolute Gasteiger partial charge is 0.393 e. The monoisotopic (exact) mass is 202 g/mol. The average molecular weight is 202 g/mol. The molecule has 0 fully saturated rings. The standard InChI is InChI=1S/C11H26N2O/c1-9(2)13-8-10(3)12-7-5-6-11(4)14/h9-14H,5-8H2,1-4H3. The van der Waals surface area contributed by atoms with E-state index in [2.05, 4.69) is 31.4 Å². The summed E-state index contributed by atoms with van der Waals surface area (Å²) in [6.45, 7) is 10.3. The van der Waals surface area contributed by atoms with E-state index in [1.807, 2.05) is 6.92 Å². The van der Waals surface area contributed by atoms with Crippen molar-refractivity contribution >= 4 is 0 Å². The maximum absolute atomic E-state index is 9.05. The van der Waals surface area contributed by atoms with Crippen LogP contribution in [-0.2, 0) is 0 Å². The highest BCUT2D eigenvalue weighted by Gasteiger charge is 2.01. The lowest BCUT2D eigenvalue weighted by Crippen LogP contribution is -2.39. The summed E-state index contributed by atoms with van der Waals surface area (Å²) in [5.74, 6) is 0. The van der Waals surface area contributed by atoms with Crippen molar-refractivity contribution in [3.8, 4) is 0 Å².